The number of carbonyl (C=O) groups is 2. The average Bonchev–Trinajstić information content (AvgIpc) is 2.74. The van der Waals surface area contributed by atoms with Crippen LogP contribution in [0.5, 0.6) is 0 Å². The van der Waals surface area contributed by atoms with Crippen molar-refractivity contribution in [3.05, 3.63) is 71.3 Å². The first kappa shape index (κ1) is 25.6. The van der Waals surface area contributed by atoms with Crippen molar-refractivity contribution in [1.82, 2.24) is 10.2 Å². The maximum Gasteiger partial charge on any atom is 0.243 e. The number of carbonyl (C=O) groups excluding carboxylic acids is 2. The van der Waals surface area contributed by atoms with E-state index in [-0.39, 0.29) is 17.4 Å². The van der Waals surface area contributed by atoms with Crippen LogP contribution in [0.4, 0.5) is 0 Å². The summed E-state index contributed by atoms with van der Waals surface area (Å²) in [5.74, 6) is 0.443. The van der Waals surface area contributed by atoms with Gasteiger partial charge in [-0.3, -0.25) is 9.59 Å². The molecule has 0 aliphatic rings. The molecule has 0 saturated carbocycles. The second-order valence-corrected chi connectivity index (χ2v) is 9.88. The maximum absolute atomic E-state index is 13.3. The van der Waals surface area contributed by atoms with Crippen molar-refractivity contribution in [1.29, 1.82) is 0 Å². The van der Waals surface area contributed by atoms with Crippen molar-refractivity contribution in [2.75, 3.05) is 6.54 Å². The van der Waals surface area contributed by atoms with E-state index in [1.807, 2.05) is 45.9 Å². The van der Waals surface area contributed by atoms with Gasteiger partial charge in [0.2, 0.25) is 11.8 Å². The second-order valence-electron chi connectivity index (χ2n) is 9.88. The smallest absolute Gasteiger partial charge is 0.243 e. The summed E-state index contributed by atoms with van der Waals surface area (Å²) in [6.07, 6.45) is 2.39. The van der Waals surface area contributed by atoms with E-state index < -0.39 is 6.04 Å². The van der Waals surface area contributed by atoms with Crippen LogP contribution in [-0.4, -0.2) is 34.8 Å². The molecule has 1 N–H and O–H groups in total. The van der Waals surface area contributed by atoms with Crippen LogP contribution in [0, 0.1) is 0 Å². The van der Waals surface area contributed by atoms with Crippen LogP contribution in [0.25, 0.3) is 0 Å². The first-order valence-corrected chi connectivity index (χ1v) is 11.8. The fourth-order valence-electron chi connectivity index (χ4n) is 3.81. The summed E-state index contributed by atoms with van der Waals surface area (Å²) in [5, 5.41) is 3.06. The number of rotatable bonds is 10. The Bertz CT molecular complexity index is 851. The van der Waals surface area contributed by atoms with E-state index in [0.29, 0.717) is 31.7 Å². The lowest BCUT2D eigenvalue weighted by Crippen LogP contribution is -2.54. The van der Waals surface area contributed by atoms with Gasteiger partial charge in [0.05, 0.1) is 0 Å². The molecule has 0 radical (unpaired) electrons. The molecule has 174 valence electrons. The van der Waals surface area contributed by atoms with Gasteiger partial charge in [-0.1, -0.05) is 75.4 Å². The normalized spacial score (nSPS) is 12.5. The molecule has 2 amide bonds. The van der Waals surface area contributed by atoms with Crippen LogP contribution in [0.3, 0.4) is 0 Å². The second kappa shape index (κ2) is 11.8. The quantitative estimate of drug-likeness (QED) is 0.534. The molecule has 4 nitrogen and oxygen atoms in total. The number of nitrogens with one attached hydrogen (secondary N) is 1. The third-order valence-electron chi connectivity index (χ3n) is 5.64. The first-order valence-electron chi connectivity index (χ1n) is 11.8. The largest absolute Gasteiger partial charge is 0.350 e. The number of nitrogens with zero attached hydrogens (tertiary/aromatic N) is 1. The number of hydrogen-bond donors (Lipinski definition) is 1. The summed E-state index contributed by atoms with van der Waals surface area (Å²) >= 11 is 0. The van der Waals surface area contributed by atoms with Gasteiger partial charge in [-0.05, 0) is 62.6 Å². The Kier molecular flexibility index (Phi) is 9.49. The zero-order chi connectivity index (χ0) is 23.7. The highest BCUT2D eigenvalue weighted by Gasteiger charge is 2.30. The van der Waals surface area contributed by atoms with E-state index in [9.17, 15) is 9.59 Å². The predicted octanol–water partition coefficient (Wildman–Crippen LogP) is 5.51. The summed E-state index contributed by atoms with van der Waals surface area (Å²) in [5.41, 5.74) is 3.28. The Labute approximate surface area is 194 Å². The van der Waals surface area contributed by atoms with Crippen molar-refractivity contribution in [3.63, 3.8) is 0 Å². The van der Waals surface area contributed by atoms with Gasteiger partial charge in [0.25, 0.3) is 0 Å². The van der Waals surface area contributed by atoms with E-state index in [2.05, 4.69) is 55.6 Å². The van der Waals surface area contributed by atoms with Crippen LogP contribution in [0.2, 0.25) is 0 Å². The molecular weight excluding hydrogens is 396 g/mol. The lowest BCUT2D eigenvalue weighted by molar-refractivity contribution is -0.141. The fourth-order valence-corrected chi connectivity index (χ4v) is 3.81. The average molecular weight is 437 g/mol. The van der Waals surface area contributed by atoms with E-state index in [0.717, 1.165) is 12.0 Å². The molecular formula is C28H40N2O2. The molecule has 0 saturated heterocycles. The van der Waals surface area contributed by atoms with E-state index in [1.54, 1.807) is 4.90 Å². The fraction of sp³-hybridized carbons (Fsp3) is 0.500. The minimum Gasteiger partial charge on any atom is -0.350 e. The minimum atomic E-state index is -0.464. The van der Waals surface area contributed by atoms with Crippen LogP contribution in [0.15, 0.2) is 54.6 Å². The molecule has 0 bridgehead atoms. The number of benzene rings is 2. The Morgan fingerprint density at radius 3 is 2.03 bits per heavy atom. The minimum absolute atomic E-state index is 0.0322. The lowest BCUT2D eigenvalue weighted by atomic mass is 10.00. The molecule has 32 heavy (non-hydrogen) atoms. The topological polar surface area (TPSA) is 49.4 Å². The molecule has 0 heterocycles. The highest BCUT2D eigenvalue weighted by molar-refractivity contribution is 5.88. The van der Waals surface area contributed by atoms with Crippen molar-refractivity contribution in [2.45, 2.75) is 84.7 Å². The molecule has 0 fully saturated rings. The Morgan fingerprint density at radius 2 is 1.50 bits per heavy atom. The third kappa shape index (κ3) is 8.14. The highest BCUT2D eigenvalue weighted by Crippen LogP contribution is 2.17. The van der Waals surface area contributed by atoms with Gasteiger partial charge < -0.3 is 10.2 Å². The van der Waals surface area contributed by atoms with Crippen LogP contribution in [0.1, 0.15) is 77.0 Å². The molecule has 0 aliphatic heterocycles. The van der Waals surface area contributed by atoms with E-state index >= 15 is 0 Å². The number of amides is 2. The molecule has 0 aromatic heterocycles. The number of aryl methyl sites for hydroxylation is 1. The molecule has 2 aromatic carbocycles. The van der Waals surface area contributed by atoms with Gasteiger partial charge in [-0.2, -0.15) is 0 Å². The maximum atomic E-state index is 13.3. The Hall–Kier alpha value is -2.62. The summed E-state index contributed by atoms with van der Waals surface area (Å²) in [6.45, 7) is 12.8. The first-order chi connectivity index (χ1) is 15.1. The molecule has 2 aromatic rings. The van der Waals surface area contributed by atoms with Crippen molar-refractivity contribution >= 4 is 11.8 Å². The standard InChI is InChI=1S/C28H40N2O2/c1-7-25(27(32)29-28(4,5)6)30(20-19-22-11-9-8-10-12-22)26(31)18-15-23-13-16-24(17-14-23)21(2)3/h8-14,16-17,21,25H,7,15,18-20H2,1-6H3,(H,29,32)/t25-/m0/s1. The van der Waals surface area contributed by atoms with Gasteiger partial charge in [0.15, 0.2) is 0 Å². The van der Waals surface area contributed by atoms with Crippen LogP contribution >= 0.6 is 0 Å². The predicted molar refractivity (Wildman–Crippen MR) is 133 cm³/mol. The Balaban J connectivity index is 2.13. The van der Waals surface area contributed by atoms with Crippen LogP contribution < -0.4 is 5.32 Å². The monoisotopic (exact) mass is 436 g/mol. The summed E-state index contributed by atoms with van der Waals surface area (Å²) in [7, 11) is 0. The van der Waals surface area contributed by atoms with Crippen LogP contribution in [-0.2, 0) is 22.4 Å². The summed E-state index contributed by atoms with van der Waals surface area (Å²) in [4.78, 5) is 28.1. The van der Waals surface area contributed by atoms with Gasteiger partial charge >= 0.3 is 0 Å². The molecule has 0 spiro atoms. The van der Waals surface area contributed by atoms with Gasteiger partial charge in [-0.15, -0.1) is 0 Å². The van der Waals surface area contributed by atoms with Crippen molar-refractivity contribution < 1.29 is 9.59 Å². The molecule has 1 atom stereocenters. The highest BCUT2D eigenvalue weighted by atomic mass is 16.2. The van der Waals surface area contributed by atoms with Gasteiger partial charge in [-0.25, -0.2) is 0 Å². The van der Waals surface area contributed by atoms with Crippen molar-refractivity contribution in [2.24, 2.45) is 0 Å². The zero-order valence-corrected chi connectivity index (χ0v) is 20.7. The van der Waals surface area contributed by atoms with Crippen molar-refractivity contribution in [3.8, 4) is 0 Å². The SMILES string of the molecule is CC[C@@H](C(=O)NC(C)(C)C)N(CCc1ccccc1)C(=O)CCc1ccc(C(C)C)cc1. The zero-order valence-electron chi connectivity index (χ0n) is 20.7. The summed E-state index contributed by atoms with van der Waals surface area (Å²) < 4.78 is 0. The molecule has 4 heteroatoms. The Morgan fingerprint density at radius 1 is 0.906 bits per heavy atom. The van der Waals surface area contributed by atoms with Gasteiger partial charge in [0.1, 0.15) is 6.04 Å². The number of hydrogen-bond acceptors (Lipinski definition) is 2. The molecule has 0 aliphatic carbocycles. The van der Waals surface area contributed by atoms with E-state index in [4.69, 9.17) is 0 Å². The van der Waals surface area contributed by atoms with E-state index in [1.165, 1.54) is 11.1 Å². The third-order valence-corrected chi connectivity index (χ3v) is 5.64. The summed E-state index contributed by atoms with van der Waals surface area (Å²) in [6, 6.07) is 18.2. The van der Waals surface area contributed by atoms with Gasteiger partial charge in [0, 0.05) is 18.5 Å². The lowest BCUT2D eigenvalue weighted by Gasteiger charge is -2.33. The molecule has 2 rings (SSSR count). The molecule has 0 unspecified atom stereocenters.